The van der Waals surface area contributed by atoms with Crippen LogP contribution >= 0.6 is 11.8 Å². The summed E-state index contributed by atoms with van der Waals surface area (Å²) < 4.78 is 2.17. The van der Waals surface area contributed by atoms with Crippen molar-refractivity contribution in [1.82, 2.24) is 14.8 Å². The Morgan fingerprint density at radius 2 is 1.77 bits per heavy atom. The molecule has 0 atom stereocenters. The molecule has 0 aliphatic heterocycles. The number of hydrogen-bond donors (Lipinski definition) is 0. The zero-order valence-corrected chi connectivity index (χ0v) is 15.4. The van der Waals surface area contributed by atoms with Crippen LogP contribution in [0.15, 0.2) is 59.8 Å². The van der Waals surface area contributed by atoms with Crippen molar-refractivity contribution >= 4 is 17.4 Å². The number of nitro benzene ring substituents is 1. The molecule has 3 aromatic rings. The van der Waals surface area contributed by atoms with Gasteiger partial charge in [0.25, 0.3) is 5.69 Å². The van der Waals surface area contributed by atoms with Crippen LogP contribution in [0.2, 0.25) is 0 Å². The first-order valence-corrected chi connectivity index (χ1v) is 9.48. The van der Waals surface area contributed by atoms with E-state index in [0.717, 1.165) is 35.9 Å². The highest BCUT2D eigenvalue weighted by molar-refractivity contribution is 7.98. The Hall–Kier alpha value is -2.67. The number of aromatic nitrogens is 3. The molecule has 0 aliphatic carbocycles. The molecule has 0 bridgehead atoms. The van der Waals surface area contributed by atoms with Crippen LogP contribution in [0.5, 0.6) is 0 Å². The van der Waals surface area contributed by atoms with Crippen LogP contribution < -0.4 is 0 Å². The predicted molar refractivity (Wildman–Crippen MR) is 102 cm³/mol. The van der Waals surface area contributed by atoms with Crippen molar-refractivity contribution in [2.45, 2.75) is 37.2 Å². The summed E-state index contributed by atoms with van der Waals surface area (Å²) in [7, 11) is 0. The van der Waals surface area contributed by atoms with E-state index in [1.165, 1.54) is 17.7 Å². The van der Waals surface area contributed by atoms with Crippen molar-refractivity contribution in [2.75, 3.05) is 0 Å². The molecule has 2 aromatic carbocycles. The van der Waals surface area contributed by atoms with Crippen molar-refractivity contribution in [3.8, 4) is 0 Å². The smallest absolute Gasteiger partial charge is 0.269 e. The van der Waals surface area contributed by atoms with E-state index in [0.29, 0.717) is 5.75 Å². The van der Waals surface area contributed by atoms with Gasteiger partial charge < -0.3 is 4.57 Å². The van der Waals surface area contributed by atoms with Gasteiger partial charge in [-0.2, -0.15) is 0 Å². The molecule has 26 heavy (non-hydrogen) atoms. The number of rotatable bonds is 8. The second kappa shape index (κ2) is 8.62. The van der Waals surface area contributed by atoms with E-state index in [1.54, 1.807) is 23.9 Å². The van der Waals surface area contributed by atoms with E-state index < -0.39 is 0 Å². The molecule has 0 spiro atoms. The monoisotopic (exact) mass is 368 g/mol. The van der Waals surface area contributed by atoms with Gasteiger partial charge in [0.05, 0.1) is 4.92 Å². The maximum absolute atomic E-state index is 10.7. The van der Waals surface area contributed by atoms with Crippen LogP contribution in [0.1, 0.15) is 30.3 Å². The summed E-state index contributed by atoms with van der Waals surface area (Å²) in [5.41, 5.74) is 2.35. The Morgan fingerprint density at radius 3 is 2.42 bits per heavy atom. The quantitative estimate of drug-likeness (QED) is 0.333. The molecule has 0 aliphatic rings. The average molecular weight is 368 g/mol. The molecule has 1 heterocycles. The third-order valence-corrected chi connectivity index (χ3v) is 5.00. The minimum absolute atomic E-state index is 0.109. The van der Waals surface area contributed by atoms with Crippen molar-refractivity contribution < 1.29 is 4.92 Å². The van der Waals surface area contributed by atoms with Gasteiger partial charge in [0.15, 0.2) is 5.16 Å². The van der Waals surface area contributed by atoms with Gasteiger partial charge in [0.2, 0.25) is 0 Å². The zero-order valence-electron chi connectivity index (χ0n) is 14.5. The first-order valence-electron chi connectivity index (χ1n) is 8.49. The van der Waals surface area contributed by atoms with Crippen LogP contribution in [0.3, 0.4) is 0 Å². The Morgan fingerprint density at radius 1 is 1.04 bits per heavy atom. The van der Waals surface area contributed by atoms with Gasteiger partial charge in [-0.05, 0) is 17.5 Å². The van der Waals surface area contributed by atoms with Gasteiger partial charge in [-0.25, -0.2) is 0 Å². The van der Waals surface area contributed by atoms with Gasteiger partial charge in [-0.1, -0.05) is 61.2 Å². The molecule has 6 nitrogen and oxygen atoms in total. The second-order valence-electron chi connectivity index (χ2n) is 5.93. The Labute approximate surface area is 156 Å². The first kappa shape index (κ1) is 18.1. The Bertz CT molecular complexity index is 863. The third-order valence-electron chi connectivity index (χ3n) is 3.96. The number of non-ortho nitro benzene ring substituents is 1. The highest BCUT2D eigenvalue weighted by Gasteiger charge is 2.13. The second-order valence-corrected chi connectivity index (χ2v) is 6.87. The minimum atomic E-state index is -0.384. The van der Waals surface area contributed by atoms with Crippen LogP contribution in [0.25, 0.3) is 0 Å². The van der Waals surface area contributed by atoms with Crippen LogP contribution in [0.4, 0.5) is 5.69 Å². The topological polar surface area (TPSA) is 73.8 Å². The molecule has 7 heteroatoms. The molecule has 0 N–H and O–H groups in total. The Balaban J connectivity index is 1.72. The molecule has 134 valence electrons. The zero-order chi connectivity index (χ0) is 18.4. The predicted octanol–water partition coefficient (Wildman–Crippen LogP) is 4.48. The van der Waals surface area contributed by atoms with Crippen LogP contribution in [0, 0.1) is 10.1 Å². The molecule has 0 amide bonds. The summed E-state index contributed by atoms with van der Waals surface area (Å²) in [5.74, 6) is 1.66. The van der Waals surface area contributed by atoms with E-state index in [1.807, 2.05) is 18.2 Å². The number of hydrogen-bond acceptors (Lipinski definition) is 5. The third kappa shape index (κ3) is 4.49. The molecule has 0 radical (unpaired) electrons. The SMILES string of the molecule is CCCn1c(Cc2ccccc2)nnc1SCc1ccc([N+](=O)[O-])cc1. The van der Waals surface area contributed by atoms with Gasteiger partial charge in [-0.15, -0.1) is 10.2 Å². The van der Waals surface area contributed by atoms with Crippen molar-refractivity contribution in [2.24, 2.45) is 0 Å². The average Bonchev–Trinajstić information content (AvgIpc) is 3.03. The van der Waals surface area contributed by atoms with Crippen molar-refractivity contribution in [1.29, 1.82) is 0 Å². The van der Waals surface area contributed by atoms with Gasteiger partial charge in [0, 0.05) is 30.9 Å². The fourth-order valence-corrected chi connectivity index (χ4v) is 3.58. The maximum atomic E-state index is 10.7. The fourth-order valence-electron chi connectivity index (χ4n) is 2.64. The lowest BCUT2D eigenvalue weighted by molar-refractivity contribution is -0.384. The van der Waals surface area contributed by atoms with Gasteiger partial charge >= 0.3 is 0 Å². The lowest BCUT2D eigenvalue weighted by Gasteiger charge is -2.09. The molecule has 0 saturated heterocycles. The molecule has 3 rings (SSSR count). The molecule has 0 saturated carbocycles. The molecule has 0 unspecified atom stereocenters. The van der Waals surface area contributed by atoms with E-state index in [2.05, 4.69) is 33.8 Å². The van der Waals surface area contributed by atoms with Crippen molar-refractivity contribution in [3.63, 3.8) is 0 Å². The highest BCUT2D eigenvalue weighted by atomic mass is 32.2. The summed E-state index contributed by atoms with van der Waals surface area (Å²) in [6, 6.07) is 16.9. The summed E-state index contributed by atoms with van der Waals surface area (Å²) in [4.78, 5) is 10.4. The Kier molecular flexibility index (Phi) is 6.01. The van der Waals surface area contributed by atoms with Crippen LogP contribution in [-0.4, -0.2) is 19.7 Å². The first-order chi connectivity index (χ1) is 12.7. The van der Waals surface area contributed by atoms with Gasteiger partial charge in [-0.3, -0.25) is 10.1 Å². The van der Waals surface area contributed by atoms with E-state index in [4.69, 9.17) is 0 Å². The van der Waals surface area contributed by atoms with E-state index in [9.17, 15) is 10.1 Å². The number of nitro groups is 1. The van der Waals surface area contributed by atoms with Crippen LogP contribution in [-0.2, 0) is 18.7 Å². The standard InChI is InChI=1S/C19H20N4O2S/c1-2-12-22-18(13-15-6-4-3-5-7-15)20-21-19(22)26-14-16-8-10-17(11-9-16)23(24)25/h3-11H,2,12-14H2,1H3. The lowest BCUT2D eigenvalue weighted by Crippen LogP contribution is -2.05. The largest absolute Gasteiger partial charge is 0.306 e. The van der Waals surface area contributed by atoms with E-state index in [-0.39, 0.29) is 10.6 Å². The fraction of sp³-hybridized carbons (Fsp3) is 0.263. The van der Waals surface area contributed by atoms with Crippen molar-refractivity contribution in [3.05, 3.63) is 81.7 Å². The molecule has 1 aromatic heterocycles. The molecular weight excluding hydrogens is 348 g/mol. The highest BCUT2D eigenvalue weighted by Crippen LogP contribution is 2.24. The minimum Gasteiger partial charge on any atom is -0.306 e. The van der Waals surface area contributed by atoms with Gasteiger partial charge in [0.1, 0.15) is 5.82 Å². The summed E-state index contributed by atoms with van der Waals surface area (Å²) in [6.07, 6.45) is 1.76. The molecular formula is C19H20N4O2S. The summed E-state index contributed by atoms with van der Waals surface area (Å²) in [5, 5.41) is 20.4. The number of thioether (sulfide) groups is 1. The summed E-state index contributed by atoms with van der Waals surface area (Å²) >= 11 is 1.61. The maximum Gasteiger partial charge on any atom is 0.269 e. The number of nitrogens with zero attached hydrogens (tertiary/aromatic N) is 4. The number of benzene rings is 2. The lowest BCUT2D eigenvalue weighted by atomic mass is 10.1. The normalized spacial score (nSPS) is 10.8. The molecule has 0 fully saturated rings. The summed E-state index contributed by atoms with van der Waals surface area (Å²) in [6.45, 7) is 3.01. The van der Waals surface area contributed by atoms with E-state index >= 15 is 0 Å².